The maximum absolute atomic E-state index is 13.6. The minimum atomic E-state index is -0.439. The minimum Gasteiger partial charge on any atom is -0.493 e. The van der Waals surface area contributed by atoms with Gasteiger partial charge in [-0.25, -0.2) is 9.80 Å². The van der Waals surface area contributed by atoms with Crippen LogP contribution in [0.2, 0.25) is 0 Å². The molecule has 0 bridgehead atoms. The van der Waals surface area contributed by atoms with Gasteiger partial charge in [-0.3, -0.25) is 4.79 Å². The lowest BCUT2D eigenvalue weighted by Gasteiger charge is -2.30. The predicted octanol–water partition coefficient (Wildman–Crippen LogP) is 3.90. The van der Waals surface area contributed by atoms with E-state index in [-0.39, 0.29) is 31.1 Å². The van der Waals surface area contributed by atoms with Crippen molar-refractivity contribution in [2.24, 2.45) is 5.10 Å². The number of nitrogens with one attached hydrogen (secondary N) is 1. The van der Waals surface area contributed by atoms with Crippen molar-refractivity contribution >= 4 is 29.0 Å². The normalized spacial score (nSPS) is 15.5. The lowest BCUT2D eigenvalue weighted by atomic mass is 10.0. The van der Waals surface area contributed by atoms with Gasteiger partial charge in [-0.1, -0.05) is 12.1 Å². The highest BCUT2D eigenvalue weighted by atomic mass is 32.1. The molecule has 3 amide bonds. The molecule has 0 radical (unpaired) electrons. The average Bonchev–Trinajstić information content (AvgIpc) is 3.50. The van der Waals surface area contributed by atoms with Crippen LogP contribution in [-0.4, -0.2) is 74.1 Å². The van der Waals surface area contributed by atoms with E-state index in [4.69, 9.17) is 19.3 Å². The van der Waals surface area contributed by atoms with E-state index in [2.05, 4.69) is 5.32 Å². The number of benzene rings is 1. The summed E-state index contributed by atoms with van der Waals surface area (Å²) < 4.78 is 16.0. The molecule has 0 saturated heterocycles. The van der Waals surface area contributed by atoms with Crippen LogP contribution in [0.5, 0.6) is 11.5 Å². The van der Waals surface area contributed by atoms with Gasteiger partial charge in [0.15, 0.2) is 11.5 Å². The lowest BCUT2D eigenvalue weighted by molar-refractivity contribution is -0.133. The largest absolute Gasteiger partial charge is 0.493 e. The second kappa shape index (κ2) is 11.5. The first-order valence-corrected chi connectivity index (χ1v) is 12.3. The Bertz CT molecular complexity index is 1050. The Morgan fingerprint density at radius 2 is 1.91 bits per heavy atom. The maximum Gasteiger partial charge on any atom is 0.318 e. The van der Waals surface area contributed by atoms with Gasteiger partial charge in [-0.15, -0.1) is 11.3 Å². The van der Waals surface area contributed by atoms with Crippen molar-refractivity contribution in [1.29, 1.82) is 0 Å². The number of carbonyl (C=O) groups is 2. The first-order valence-electron chi connectivity index (χ1n) is 11.4. The van der Waals surface area contributed by atoms with Crippen LogP contribution in [0.4, 0.5) is 4.79 Å². The summed E-state index contributed by atoms with van der Waals surface area (Å²) in [5, 5.41) is 11.1. The highest BCUT2D eigenvalue weighted by Crippen LogP contribution is 2.38. The topological polar surface area (TPSA) is 92.7 Å². The summed E-state index contributed by atoms with van der Waals surface area (Å²) in [6.07, 6.45) is 0.550. The molecule has 1 atom stereocenters. The number of hydrogen-bond acceptors (Lipinski definition) is 7. The number of hydrazone groups is 1. The molecule has 10 heteroatoms. The van der Waals surface area contributed by atoms with Crippen LogP contribution in [-0.2, 0) is 9.53 Å². The molecule has 0 saturated carbocycles. The molecule has 0 aliphatic carbocycles. The molecule has 0 fully saturated rings. The van der Waals surface area contributed by atoms with Crippen molar-refractivity contribution in [3.8, 4) is 11.5 Å². The first kappa shape index (κ1) is 26.5. The van der Waals surface area contributed by atoms with E-state index in [9.17, 15) is 9.59 Å². The zero-order chi connectivity index (χ0) is 25.6. The SMILES string of the molecule is COCCN(CC(=O)N1N=C(c2cccs2)C[C@H]1c1ccc(OC)c(OC)c1)C(=O)NC(C)(C)C. The summed E-state index contributed by atoms with van der Waals surface area (Å²) in [7, 11) is 4.72. The second-order valence-corrected chi connectivity index (χ2v) is 10.1. The van der Waals surface area contributed by atoms with Crippen molar-refractivity contribution in [3.05, 3.63) is 46.2 Å². The number of urea groups is 1. The summed E-state index contributed by atoms with van der Waals surface area (Å²) in [6.45, 7) is 6.15. The molecule has 1 aromatic heterocycles. The Kier molecular flexibility index (Phi) is 8.74. The quantitative estimate of drug-likeness (QED) is 0.562. The van der Waals surface area contributed by atoms with E-state index in [1.165, 1.54) is 9.91 Å². The van der Waals surface area contributed by atoms with Gasteiger partial charge in [0.05, 0.1) is 37.5 Å². The number of amides is 3. The molecule has 3 rings (SSSR count). The number of rotatable bonds is 9. The number of carbonyl (C=O) groups excluding carboxylic acids is 2. The third-order valence-corrected chi connectivity index (χ3v) is 6.34. The van der Waals surface area contributed by atoms with E-state index in [0.29, 0.717) is 24.5 Å². The molecule has 1 aromatic carbocycles. The molecule has 9 nitrogen and oxygen atoms in total. The molecule has 2 heterocycles. The zero-order valence-electron chi connectivity index (χ0n) is 21.2. The van der Waals surface area contributed by atoms with Crippen LogP contribution in [0.15, 0.2) is 40.8 Å². The van der Waals surface area contributed by atoms with Gasteiger partial charge in [0, 0.05) is 25.6 Å². The molecule has 2 aromatic rings. The number of methoxy groups -OCH3 is 3. The third-order valence-electron chi connectivity index (χ3n) is 5.42. The van der Waals surface area contributed by atoms with Crippen molar-refractivity contribution in [1.82, 2.24) is 15.2 Å². The van der Waals surface area contributed by atoms with Crippen molar-refractivity contribution < 1.29 is 23.8 Å². The summed E-state index contributed by atoms with van der Waals surface area (Å²) >= 11 is 1.58. The van der Waals surface area contributed by atoms with E-state index < -0.39 is 5.54 Å². The molecule has 1 N–H and O–H groups in total. The molecule has 0 unspecified atom stereocenters. The highest BCUT2D eigenvalue weighted by Gasteiger charge is 2.35. The monoisotopic (exact) mass is 502 g/mol. The van der Waals surface area contributed by atoms with Gasteiger partial charge in [-0.2, -0.15) is 5.10 Å². The van der Waals surface area contributed by atoms with Gasteiger partial charge < -0.3 is 24.4 Å². The fourth-order valence-corrected chi connectivity index (χ4v) is 4.46. The number of thiophene rings is 1. The van der Waals surface area contributed by atoms with E-state index >= 15 is 0 Å². The number of hydrogen-bond donors (Lipinski definition) is 1. The molecule has 1 aliphatic rings. The van der Waals surface area contributed by atoms with Crippen LogP contribution < -0.4 is 14.8 Å². The van der Waals surface area contributed by atoms with Crippen LogP contribution in [0.1, 0.15) is 43.7 Å². The molecule has 0 spiro atoms. The summed E-state index contributed by atoms with van der Waals surface area (Å²) in [5.74, 6) is 0.904. The van der Waals surface area contributed by atoms with Gasteiger partial charge in [0.2, 0.25) is 0 Å². The Morgan fingerprint density at radius 1 is 1.17 bits per heavy atom. The molecule has 35 heavy (non-hydrogen) atoms. The summed E-state index contributed by atoms with van der Waals surface area (Å²) in [5.41, 5.74) is 1.26. The summed E-state index contributed by atoms with van der Waals surface area (Å²) in [6, 6.07) is 8.88. The van der Waals surface area contributed by atoms with Crippen LogP contribution in [0.3, 0.4) is 0 Å². The highest BCUT2D eigenvalue weighted by molar-refractivity contribution is 7.12. The molecule has 190 valence electrons. The Balaban J connectivity index is 1.90. The van der Waals surface area contributed by atoms with Crippen molar-refractivity contribution in [2.75, 3.05) is 41.0 Å². The second-order valence-electron chi connectivity index (χ2n) is 9.19. The lowest BCUT2D eigenvalue weighted by Crippen LogP contribution is -2.52. The Morgan fingerprint density at radius 3 is 2.51 bits per heavy atom. The minimum absolute atomic E-state index is 0.129. The van der Waals surface area contributed by atoms with Gasteiger partial charge >= 0.3 is 6.03 Å². The molecular weight excluding hydrogens is 468 g/mol. The fraction of sp³-hybridized carbons (Fsp3) is 0.480. The molecular formula is C25H34N4O5S. The zero-order valence-corrected chi connectivity index (χ0v) is 22.0. The van der Waals surface area contributed by atoms with Gasteiger partial charge in [0.1, 0.15) is 6.54 Å². The third kappa shape index (κ3) is 6.73. The Labute approximate surface area is 210 Å². The van der Waals surface area contributed by atoms with Crippen LogP contribution >= 0.6 is 11.3 Å². The van der Waals surface area contributed by atoms with Crippen LogP contribution in [0, 0.1) is 0 Å². The van der Waals surface area contributed by atoms with Gasteiger partial charge in [0.25, 0.3) is 5.91 Å². The van der Waals surface area contributed by atoms with E-state index in [1.807, 2.05) is 56.5 Å². The Hall–Kier alpha value is -3.11. The predicted molar refractivity (Wildman–Crippen MR) is 136 cm³/mol. The van der Waals surface area contributed by atoms with E-state index in [0.717, 1.165) is 16.2 Å². The van der Waals surface area contributed by atoms with Gasteiger partial charge in [-0.05, 0) is 49.9 Å². The maximum atomic E-state index is 13.6. The first-order chi connectivity index (χ1) is 16.7. The van der Waals surface area contributed by atoms with E-state index in [1.54, 1.807) is 32.7 Å². The standard InChI is InChI=1S/C25H34N4O5S/c1-25(2,3)26-24(31)28(11-12-32-4)16-23(30)29-19(15-18(27-29)22-8-7-13-35-22)17-9-10-20(33-5)21(14-17)34-6/h7-10,13-14,19H,11-12,15-16H2,1-6H3,(H,26,31)/t19-/m0/s1. The van der Waals surface area contributed by atoms with Crippen molar-refractivity contribution in [2.45, 2.75) is 38.8 Å². The smallest absolute Gasteiger partial charge is 0.318 e. The van der Waals surface area contributed by atoms with Crippen LogP contribution in [0.25, 0.3) is 0 Å². The summed E-state index contributed by atoms with van der Waals surface area (Å²) in [4.78, 5) is 28.9. The average molecular weight is 503 g/mol. The fourth-order valence-electron chi connectivity index (χ4n) is 3.74. The number of ether oxygens (including phenoxy) is 3. The number of nitrogens with zero attached hydrogens (tertiary/aromatic N) is 3. The molecule has 1 aliphatic heterocycles. The van der Waals surface area contributed by atoms with Crippen molar-refractivity contribution in [3.63, 3.8) is 0 Å².